The van der Waals surface area contributed by atoms with E-state index in [1.54, 1.807) is 43.3 Å². The third-order valence-corrected chi connectivity index (χ3v) is 5.02. The number of carbonyl (C=O) groups is 1. The average Bonchev–Trinajstić information content (AvgIpc) is 2.60. The van der Waals surface area contributed by atoms with E-state index in [1.165, 1.54) is 0 Å². The molecule has 0 aliphatic carbocycles. The van der Waals surface area contributed by atoms with Gasteiger partial charge >= 0.3 is 5.97 Å². The standard InChI is InChI=1S/C19H23NO5S/c1-3-24-19(21)14-25-17-8-5-7-16(13-17)10-11-20-26(22,23)18-9-4-6-15(2)12-18/h4-9,12-13,20H,3,10-11,14H2,1-2H3. The summed E-state index contributed by atoms with van der Waals surface area (Å²) in [5, 5.41) is 0. The molecule has 0 radical (unpaired) electrons. The Kier molecular flexibility index (Phi) is 7.17. The number of hydrogen-bond acceptors (Lipinski definition) is 5. The number of esters is 1. The van der Waals surface area contributed by atoms with Crippen LogP contribution in [-0.2, 0) is 26.0 Å². The number of carbonyl (C=O) groups excluding carboxylic acids is 1. The highest BCUT2D eigenvalue weighted by Gasteiger charge is 2.13. The molecule has 0 amide bonds. The van der Waals surface area contributed by atoms with Gasteiger partial charge in [0.15, 0.2) is 6.61 Å². The van der Waals surface area contributed by atoms with Crippen LogP contribution in [0.3, 0.4) is 0 Å². The normalized spacial score (nSPS) is 11.2. The van der Waals surface area contributed by atoms with Crippen LogP contribution in [0.1, 0.15) is 18.1 Å². The zero-order chi connectivity index (χ0) is 19.0. The molecule has 2 aromatic rings. The summed E-state index contributed by atoms with van der Waals surface area (Å²) in [5.74, 6) is 0.112. The van der Waals surface area contributed by atoms with Gasteiger partial charge in [-0.15, -0.1) is 0 Å². The van der Waals surface area contributed by atoms with Crippen LogP contribution in [0.2, 0.25) is 0 Å². The van der Waals surface area contributed by atoms with Crippen LogP contribution in [-0.4, -0.2) is 34.1 Å². The first-order chi connectivity index (χ1) is 12.4. The van der Waals surface area contributed by atoms with Crippen molar-refractivity contribution in [3.63, 3.8) is 0 Å². The number of aryl methyl sites for hydroxylation is 1. The average molecular weight is 377 g/mol. The van der Waals surface area contributed by atoms with Gasteiger partial charge in [0.05, 0.1) is 11.5 Å². The first kappa shape index (κ1) is 19.9. The van der Waals surface area contributed by atoms with E-state index in [0.717, 1.165) is 11.1 Å². The second-order valence-electron chi connectivity index (χ2n) is 5.71. The fourth-order valence-electron chi connectivity index (χ4n) is 2.33. The highest BCUT2D eigenvalue weighted by Crippen LogP contribution is 2.14. The van der Waals surface area contributed by atoms with Gasteiger partial charge in [0.1, 0.15) is 5.75 Å². The Hall–Kier alpha value is -2.38. The van der Waals surface area contributed by atoms with Crippen molar-refractivity contribution >= 4 is 16.0 Å². The molecule has 0 spiro atoms. The van der Waals surface area contributed by atoms with E-state index < -0.39 is 16.0 Å². The molecule has 1 N–H and O–H groups in total. The SMILES string of the molecule is CCOC(=O)COc1cccc(CCNS(=O)(=O)c2cccc(C)c2)c1. The Morgan fingerprint density at radius 1 is 1.12 bits per heavy atom. The highest BCUT2D eigenvalue weighted by molar-refractivity contribution is 7.89. The molecule has 0 unspecified atom stereocenters. The lowest BCUT2D eigenvalue weighted by atomic mass is 10.1. The third kappa shape index (κ3) is 6.16. The first-order valence-corrected chi connectivity index (χ1v) is 9.82. The topological polar surface area (TPSA) is 81.7 Å². The molecule has 7 heteroatoms. The fourth-order valence-corrected chi connectivity index (χ4v) is 3.47. The van der Waals surface area contributed by atoms with Gasteiger partial charge in [-0.05, 0) is 55.7 Å². The number of rotatable bonds is 9. The zero-order valence-electron chi connectivity index (χ0n) is 14.9. The summed E-state index contributed by atoms with van der Waals surface area (Å²) in [7, 11) is -3.53. The van der Waals surface area contributed by atoms with Crippen LogP contribution in [0.4, 0.5) is 0 Å². The smallest absolute Gasteiger partial charge is 0.344 e. The van der Waals surface area contributed by atoms with Crippen molar-refractivity contribution in [1.29, 1.82) is 0 Å². The van der Waals surface area contributed by atoms with Gasteiger partial charge in [0.2, 0.25) is 10.0 Å². The van der Waals surface area contributed by atoms with E-state index in [9.17, 15) is 13.2 Å². The predicted octanol–water partition coefficient (Wildman–Crippen LogP) is 2.46. The number of benzene rings is 2. The molecule has 2 rings (SSSR count). The van der Waals surface area contributed by atoms with Gasteiger partial charge in [-0.3, -0.25) is 0 Å². The molecule has 0 heterocycles. The lowest BCUT2D eigenvalue weighted by Crippen LogP contribution is -2.26. The third-order valence-electron chi connectivity index (χ3n) is 3.57. The van der Waals surface area contributed by atoms with Gasteiger partial charge in [-0.1, -0.05) is 24.3 Å². The summed E-state index contributed by atoms with van der Waals surface area (Å²) in [5.41, 5.74) is 1.79. The van der Waals surface area contributed by atoms with Crippen molar-refractivity contribution in [2.45, 2.75) is 25.2 Å². The first-order valence-electron chi connectivity index (χ1n) is 8.34. The summed E-state index contributed by atoms with van der Waals surface area (Å²) < 4.78 is 37.4. The minimum absolute atomic E-state index is 0.155. The van der Waals surface area contributed by atoms with Crippen LogP contribution >= 0.6 is 0 Å². The van der Waals surface area contributed by atoms with Crippen LogP contribution in [0.25, 0.3) is 0 Å². The minimum atomic E-state index is -3.53. The van der Waals surface area contributed by atoms with Gasteiger partial charge < -0.3 is 9.47 Å². The van der Waals surface area contributed by atoms with Gasteiger partial charge in [0, 0.05) is 6.54 Å². The second kappa shape index (κ2) is 9.35. The van der Waals surface area contributed by atoms with E-state index in [0.29, 0.717) is 18.8 Å². The molecule has 0 saturated carbocycles. The number of sulfonamides is 1. The molecule has 0 aliphatic heterocycles. The lowest BCUT2D eigenvalue weighted by molar-refractivity contribution is -0.145. The molecule has 0 fully saturated rings. The summed E-state index contributed by atoms with van der Waals surface area (Å²) in [6.45, 7) is 4.00. The van der Waals surface area contributed by atoms with Gasteiger partial charge in [-0.2, -0.15) is 0 Å². The Balaban J connectivity index is 1.89. The lowest BCUT2D eigenvalue weighted by Gasteiger charge is -2.09. The molecule has 2 aromatic carbocycles. The molecule has 0 aliphatic rings. The maximum absolute atomic E-state index is 12.3. The van der Waals surface area contributed by atoms with Crippen LogP contribution < -0.4 is 9.46 Å². The highest BCUT2D eigenvalue weighted by atomic mass is 32.2. The number of hydrogen-bond donors (Lipinski definition) is 1. The molecule has 6 nitrogen and oxygen atoms in total. The van der Waals surface area contributed by atoms with E-state index in [4.69, 9.17) is 9.47 Å². The van der Waals surface area contributed by atoms with Gasteiger partial charge in [0.25, 0.3) is 0 Å². The summed E-state index contributed by atoms with van der Waals surface area (Å²) in [6, 6.07) is 13.9. The quantitative estimate of drug-likeness (QED) is 0.679. The maximum Gasteiger partial charge on any atom is 0.344 e. The molecular formula is C19H23NO5S. The summed E-state index contributed by atoms with van der Waals surface area (Å²) in [6.07, 6.45) is 0.502. The van der Waals surface area contributed by atoms with Crippen LogP contribution in [0.5, 0.6) is 5.75 Å². The molecular weight excluding hydrogens is 354 g/mol. The zero-order valence-corrected chi connectivity index (χ0v) is 15.7. The molecule has 0 saturated heterocycles. The van der Waals surface area contributed by atoms with E-state index in [1.807, 2.05) is 19.1 Å². The van der Waals surface area contributed by atoms with Crippen molar-refractivity contribution in [2.75, 3.05) is 19.8 Å². The summed E-state index contributed by atoms with van der Waals surface area (Å²) >= 11 is 0. The van der Waals surface area contributed by atoms with Crippen molar-refractivity contribution in [3.05, 3.63) is 59.7 Å². The Morgan fingerprint density at radius 2 is 1.88 bits per heavy atom. The van der Waals surface area contributed by atoms with Crippen molar-refractivity contribution in [2.24, 2.45) is 0 Å². The monoisotopic (exact) mass is 377 g/mol. The van der Waals surface area contributed by atoms with Crippen molar-refractivity contribution < 1.29 is 22.7 Å². The number of nitrogens with one attached hydrogen (secondary N) is 1. The maximum atomic E-state index is 12.3. The summed E-state index contributed by atoms with van der Waals surface area (Å²) in [4.78, 5) is 11.6. The van der Waals surface area contributed by atoms with Crippen molar-refractivity contribution in [1.82, 2.24) is 4.72 Å². The number of ether oxygens (including phenoxy) is 2. The Morgan fingerprint density at radius 3 is 2.62 bits per heavy atom. The van der Waals surface area contributed by atoms with E-state index in [2.05, 4.69) is 4.72 Å². The molecule has 0 aromatic heterocycles. The van der Waals surface area contributed by atoms with E-state index in [-0.39, 0.29) is 18.0 Å². The predicted molar refractivity (Wildman–Crippen MR) is 98.6 cm³/mol. The Bertz CT molecular complexity index is 849. The molecule has 140 valence electrons. The second-order valence-corrected chi connectivity index (χ2v) is 7.47. The van der Waals surface area contributed by atoms with Crippen molar-refractivity contribution in [3.8, 4) is 5.75 Å². The molecule has 0 bridgehead atoms. The van der Waals surface area contributed by atoms with Gasteiger partial charge in [-0.25, -0.2) is 17.9 Å². The molecule has 0 atom stereocenters. The largest absolute Gasteiger partial charge is 0.482 e. The minimum Gasteiger partial charge on any atom is -0.482 e. The fraction of sp³-hybridized carbons (Fsp3) is 0.316. The Labute approximate surface area is 154 Å². The molecule has 26 heavy (non-hydrogen) atoms. The van der Waals surface area contributed by atoms with Crippen LogP contribution in [0, 0.1) is 6.92 Å². The van der Waals surface area contributed by atoms with Crippen LogP contribution in [0.15, 0.2) is 53.4 Å². The van der Waals surface area contributed by atoms with E-state index >= 15 is 0 Å².